The monoisotopic (exact) mass is 351 g/mol. The molecule has 1 aliphatic heterocycles. The maximum Gasteiger partial charge on any atom is 0.419 e. The summed E-state index contributed by atoms with van der Waals surface area (Å²) >= 11 is 3.03. The molecule has 0 aliphatic carbocycles. The molecule has 1 unspecified atom stereocenters. The lowest BCUT2D eigenvalue weighted by atomic mass is 10.0. The Hall–Kier alpha value is -0.820. The molecule has 1 aliphatic rings. The second-order valence-corrected chi connectivity index (χ2v) is 5.97. The highest BCUT2D eigenvalue weighted by molar-refractivity contribution is 9.10. The molecule has 0 bridgehead atoms. The van der Waals surface area contributed by atoms with Crippen molar-refractivity contribution in [1.29, 1.82) is 0 Å². The van der Waals surface area contributed by atoms with Gasteiger partial charge < -0.3 is 10.2 Å². The number of aromatic nitrogens is 1. The number of likely N-dealkylation sites (N-methyl/N-ethyl adjacent to an activating group) is 1. The highest BCUT2D eigenvalue weighted by Crippen LogP contribution is 2.35. The lowest BCUT2D eigenvalue weighted by Gasteiger charge is -2.32. The third-order valence-corrected chi connectivity index (χ3v) is 4.02. The third-order valence-electron chi connectivity index (χ3n) is 3.59. The Kier molecular flexibility index (Phi) is 4.90. The molecule has 0 saturated carbocycles. The van der Waals surface area contributed by atoms with E-state index in [1.54, 1.807) is 0 Å². The Morgan fingerprint density at radius 3 is 2.85 bits per heavy atom. The van der Waals surface area contributed by atoms with Crippen molar-refractivity contribution in [3.05, 3.63) is 22.3 Å². The largest absolute Gasteiger partial charge is 0.419 e. The first kappa shape index (κ1) is 15.6. The first-order valence-corrected chi connectivity index (χ1v) is 7.34. The van der Waals surface area contributed by atoms with E-state index in [2.05, 4.69) is 31.1 Å². The molecule has 1 fully saturated rings. The second kappa shape index (κ2) is 6.30. The van der Waals surface area contributed by atoms with Crippen molar-refractivity contribution in [2.24, 2.45) is 0 Å². The third kappa shape index (κ3) is 3.85. The van der Waals surface area contributed by atoms with Gasteiger partial charge in [-0.3, -0.25) is 0 Å². The van der Waals surface area contributed by atoms with Gasteiger partial charge in [0, 0.05) is 23.3 Å². The van der Waals surface area contributed by atoms with Crippen molar-refractivity contribution in [3.63, 3.8) is 0 Å². The number of rotatable bonds is 3. The predicted molar refractivity (Wildman–Crippen MR) is 75.7 cm³/mol. The summed E-state index contributed by atoms with van der Waals surface area (Å²) in [6.45, 7) is 1.47. The van der Waals surface area contributed by atoms with E-state index in [-0.39, 0.29) is 11.9 Å². The first-order valence-electron chi connectivity index (χ1n) is 6.55. The molecule has 2 heterocycles. The number of anilines is 1. The van der Waals surface area contributed by atoms with Gasteiger partial charge in [0.15, 0.2) is 0 Å². The summed E-state index contributed by atoms with van der Waals surface area (Å²) in [6, 6.07) is 1.31. The maximum atomic E-state index is 13.0. The van der Waals surface area contributed by atoms with E-state index in [4.69, 9.17) is 0 Å². The second-order valence-electron chi connectivity index (χ2n) is 5.06. The van der Waals surface area contributed by atoms with Crippen molar-refractivity contribution in [3.8, 4) is 0 Å². The molecular weight excluding hydrogens is 335 g/mol. The molecule has 0 aromatic carbocycles. The van der Waals surface area contributed by atoms with Gasteiger partial charge in [-0.1, -0.05) is 6.42 Å². The van der Waals surface area contributed by atoms with Gasteiger partial charge in [0.1, 0.15) is 5.82 Å². The van der Waals surface area contributed by atoms with E-state index in [1.165, 1.54) is 6.20 Å². The van der Waals surface area contributed by atoms with E-state index >= 15 is 0 Å². The van der Waals surface area contributed by atoms with Crippen molar-refractivity contribution in [1.82, 2.24) is 9.88 Å². The number of likely N-dealkylation sites (tertiary alicyclic amines) is 1. The average molecular weight is 352 g/mol. The topological polar surface area (TPSA) is 28.2 Å². The minimum Gasteiger partial charge on any atom is -0.368 e. The summed E-state index contributed by atoms with van der Waals surface area (Å²) < 4.78 is 39.2. The molecule has 1 saturated heterocycles. The maximum absolute atomic E-state index is 13.0. The lowest BCUT2D eigenvalue weighted by molar-refractivity contribution is -0.137. The van der Waals surface area contributed by atoms with E-state index in [0.717, 1.165) is 31.9 Å². The fraction of sp³-hybridized carbons (Fsp3) is 0.615. The molecule has 112 valence electrons. The highest BCUT2D eigenvalue weighted by Gasteiger charge is 2.35. The van der Waals surface area contributed by atoms with Gasteiger partial charge in [-0.2, -0.15) is 13.2 Å². The van der Waals surface area contributed by atoms with Gasteiger partial charge in [-0.15, -0.1) is 0 Å². The van der Waals surface area contributed by atoms with Crippen LogP contribution in [0.2, 0.25) is 0 Å². The van der Waals surface area contributed by atoms with Crippen LogP contribution in [0.5, 0.6) is 0 Å². The Labute approximate surface area is 124 Å². The summed E-state index contributed by atoms with van der Waals surface area (Å²) in [6.07, 6.45) is 0.245. The molecule has 1 aromatic rings. The summed E-state index contributed by atoms with van der Waals surface area (Å²) in [5.41, 5.74) is -0.731. The number of halogens is 4. The predicted octanol–water partition coefficient (Wildman–Crippen LogP) is 3.76. The van der Waals surface area contributed by atoms with Crippen molar-refractivity contribution in [2.45, 2.75) is 31.5 Å². The summed E-state index contributed by atoms with van der Waals surface area (Å²) in [4.78, 5) is 6.04. The molecule has 1 atom stereocenters. The average Bonchev–Trinajstić information content (AvgIpc) is 2.38. The molecule has 3 nitrogen and oxygen atoms in total. The fourth-order valence-electron chi connectivity index (χ4n) is 2.41. The van der Waals surface area contributed by atoms with Crippen LogP contribution < -0.4 is 5.32 Å². The molecule has 0 amide bonds. The first-order chi connectivity index (χ1) is 9.38. The number of pyridine rings is 1. The van der Waals surface area contributed by atoms with Gasteiger partial charge >= 0.3 is 6.18 Å². The van der Waals surface area contributed by atoms with Crippen molar-refractivity contribution >= 4 is 21.7 Å². The van der Waals surface area contributed by atoms with Gasteiger partial charge in [-0.25, -0.2) is 4.98 Å². The van der Waals surface area contributed by atoms with Crippen molar-refractivity contribution in [2.75, 3.05) is 25.5 Å². The minimum atomic E-state index is -4.41. The molecule has 0 radical (unpaired) electrons. The van der Waals surface area contributed by atoms with Gasteiger partial charge in [0.25, 0.3) is 0 Å². The summed E-state index contributed by atoms with van der Waals surface area (Å²) in [7, 11) is 2.01. The lowest BCUT2D eigenvalue weighted by Crippen LogP contribution is -2.41. The number of hydrogen-bond acceptors (Lipinski definition) is 3. The highest BCUT2D eigenvalue weighted by atomic mass is 79.9. The molecule has 0 spiro atoms. The Morgan fingerprint density at radius 1 is 1.45 bits per heavy atom. The van der Waals surface area contributed by atoms with Gasteiger partial charge in [0.05, 0.1) is 5.56 Å². The SMILES string of the molecule is CN1CCCCC1CNc1ncc(Br)cc1C(F)(F)F. The van der Waals surface area contributed by atoms with E-state index in [0.29, 0.717) is 11.0 Å². The van der Waals surface area contributed by atoms with E-state index < -0.39 is 11.7 Å². The number of nitrogens with zero attached hydrogens (tertiary/aromatic N) is 2. The van der Waals surface area contributed by atoms with Crippen LogP contribution in [0.3, 0.4) is 0 Å². The van der Waals surface area contributed by atoms with Crippen LogP contribution in [0.4, 0.5) is 19.0 Å². The molecular formula is C13H17BrF3N3. The molecule has 2 rings (SSSR count). The van der Waals surface area contributed by atoms with Crippen LogP contribution in [-0.2, 0) is 6.18 Å². The quantitative estimate of drug-likeness (QED) is 0.898. The van der Waals surface area contributed by atoms with Crippen LogP contribution >= 0.6 is 15.9 Å². The smallest absolute Gasteiger partial charge is 0.368 e. The van der Waals surface area contributed by atoms with Crippen LogP contribution in [0.1, 0.15) is 24.8 Å². The zero-order valence-electron chi connectivity index (χ0n) is 11.2. The molecule has 1 aromatic heterocycles. The Balaban J connectivity index is 2.09. The van der Waals surface area contributed by atoms with Gasteiger partial charge in [-0.05, 0) is 48.4 Å². The standard InChI is InChI=1S/C13H17BrF3N3/c1-20-5-3-2-4-10(20)8-19-12-11(13(15,16)17)6-9(14)7-18-12/h6-7,10H,2-5,8H2,1H3,(H,18,19). The minimum absolute atomic E-state index is 0.0975. The number of piperidine rings is 1. The molecule has 1 N–H and O–H groups in total. The summed E-state index contributed by atoms with van der Waals surface area (Å²) in [5, 5.41) is 2.85. The van der Waals surface area contributed by atoms with Crippen LogP contribution in [0.15, 0.2) is 16.7 Å². The number of nitrogens with one attached hydrogen (secondary N) is 1. The van der Waals surface area contributed by atoms with Crippen molar-refractivity contribution < 1.29 is 13.2 Å². The van der Waals surface area contributed by atoms with E-state index in [1.807, 2.05) is 7.05 Å². The summed E-state index contributed by atoms with van der Waals surface area (Å²) in [5.74, 6) is -0.0975. The van der Waals surface area contributed by atoms with Gasteiger partial charge in [0.2, 0.25) is 0 Å². The normalized spacial score (nSPS) is 20.9. The van der Waals surface area contributed by atoms with Crippen LogP contribution in [0.25, 0.3) is 0 Å². The zero-order valence-corrected chi connectivity index (χ0v) is 12.8. The van der Waals surface area contributed by atoms with Crippen LogP contribution in [-0.4, -0.2) is 36.1 Å². The Morgan fingerprint density at radius 2 is 2.20 bits per heavy atom. The zero-order chi connectivity index (χ0) is 14.8. The van der Waals surface area contributed by atoms with E-state index in [9.17, 15) is 13.2 Å². The Bertz CT molecular complexity index is 465. The molecule has 7 heteroatoms. The molecule has 20 heavy (non-hydrogen) atoms. The fourth-order valence-corrected chi connectivity index (χ4v) is 2.74. The van der Waals surface area contributed by atoms with Crippen LogP contribution in [0, 0.1) is 0 Å². The number of alkyl halides is 3. The number of hydrogen-bond donors (Lipinski definition) is 1.